The summed E-state index contributed by atoms with van der Waals surface area (Å²) in [4.78, 5) is 34.4. The highest BCUT2D eigenvalue weighted by atomic mass is 19.4. The summed E-state index contributed by atoms with van der Waals surface area (Å²) in [5.74, 6) is -4.03. The maximum Gasteiger partial charge on any atom is 0.491 e. The molecule has 1 aromatic carbocycles. The number of esters is 1. The van der Waals surface area contributed by atoms with E-state index in [9.17, 15) is 22.8 Å². The summed E-state index contributed by atoms with van der Waals surface area (Å²) in [5, 5.41) is 9.88. The maximum atomic E-state index is 12.4. The second-order valence-corrected chi connectivity index (χ2v) is 9.99. The van der Waals surface area contributed by atoms with Gasteiger partial charge in [-0.3, -0.25) is 9.48 Å². The van der Waals surface area contributed by atoms with Gasteiger partial charge >= 0.3 is 12.1 Å². The van der Waals surface area contributed by atoms with Gasteiger partial charge in [0.25, 0.3) is 5.91 Å². The van der Waals surface area contributed by atoms with Gasteiger partial charge in [-0.15, -0.1) is 0 Å². The van der Waals surface area contributed by atoms with Crippen LogP contribution in [0.5, 0.6) is 5.88 Å². The smallest absolute Gasteiger partial charge is 0.472 e. The molecule has 4 rings (SSSR count). The lowest BCUT2D eigenvalue weighted by Crippen LogP contribution is -2.28. The van der Waals surface area contributed by atoms with Gasteiger partial charge in [0.1, 0.15) is 6.61 Å². The molecule has 3 aromatic rings. The molecule has 0 aliphatic carbocycles. The molecular weight excluding hydrogens is 583 g/mol. The fourth-order valence-electron chi connectivity index (χ4n) is 4.06. The van der Waals surface area contributed by atoms with Gasteiger partial charge in [-0.1, -0.05) is 24.8 Å². The molecule has 12 nitrogen and oxygen atoms in total. The zero-order chi connectivity index (χ0) is 31.7. The second kappa shape index (κ2) is 14.6. The van der Waals surface area contributed by atoms with Crippen LogP contribution in [0.1, 0.15) is 24.0 Å². The summed E-state index contributed by atoms with van der Waals surface area (Å²) in [6.45, 7) is 5.83. The molecule has 44 heavy (non-hydrogen) atoms. The number of alkyl halides is 3. The predicted molar refractivity (Wildman–Crippen MR) is 155 cm³/mol. The van der Waals surface area contributed by atoms with Crippen molar-refractivity contribution in [3.05, 3.63) is 72.4 Å². The molecule has 2 aromatic heterocycles. The van der Waals surface area contributed by atoms with E-state index in [4.69, 9.17) is 9.47 Å². The van der Waals surface area contributed by atoms with E-state index in [0.29, 0.717) is 48.3 Å². The fourth-order valence-corrected chi connectivity index (χ4v) is 4.06. The van der Waals surface area contributed by atoms with Crippen LogP contribution in [0.15, 0.2) is 61.3 Å². The third kappa shape index (κ3) is 9.37. The van der Waals surface area contributed by atoms with E-state index in [-0.39, 0.29) is 12.3 Å². The van der Waals surface area contributed by atoms with Crippen LogP contribution in [-0.4, -0.2) is 76.6 Å². The largest absolute Gasteiger partial charge is 0.491 e. The van der Waals surface area contributed by atoms with E-state index in [1.54, 1.807) is 30.6 Å². The molecule has 15 heteroatoms. The maximum absolute atomic E-state index is 12.4. The molecule has 0 saturated carbocycles. The molecule has 234 valence electrons. The van der Waals surface area contributed by atoms with Crippen LogP contribution in [0.3, 0.4) is 0 Å². The molecule has 1 aliphatic rings. The highest BCUT2D eigenvalue weighted by Crippen LogP contribution is 2.30. The number of amides is 1. The fraction of sp³-hybridized carbons (Fsp3) is 0.345. The number of aromatic nitrogens is 4. The van der Waals surface area contributed by atoms with Crippen molar-refractivity contribution in [3.8, 4) is 5.88 Å². The Hall–Kier alpha value is -4.76. The Morgan fingerprint density at radius 1 is 1.20 bits per heavy atom. The lowest BCUT2D eigenvalue weighted by atomic mass is 10.0. The Balaban J connectivity index is 1.45. The van der Waals surface area contributed by atoms with Crippen LogP contribution in [0.2, 0.25) is 0 Å². The third-order valence-corrected chi connectivity index (χ3v) is 6.21. The summed E-state index contributed by atoms with van der Waals surface area (Å²) >= 11 is 0. The second-order valence-electron chi connectivity index (χ2n) is 9.99. The van der Waals surface area contributed by atoms with Crippen molar-refractivity contribution in [1.29, 1.82) is 0 Å². The number of aryl methyl sites for hydroxylation is 1. The molecule has 0 atom stereocenters. The van der Waals surface area contributed by atoms with Crippen LogP contribution in [-0.2, 0) is 32.2 Å². The molecule has 0 fully saturated rings. The Morgan fingerprint density at radius 3 is 2.75 bits per heavy atom. The van der Waals surface area contributed by atoms with Crippen LogP contribution in [0.25, 0.3) is 5.57 Å². The summed E-state index contributed by atoms with van der Waals surface area (Å²) in [5.41, 5.74) is 3.22. The van der Waals surface area contributed by atoms with E-state index in [2.05, 4.69) is 41.9 Å². The van der Waals surface area contributed by atoms with Gasteiger partial charge in [-0.2, -0.15) is 23.3 Å². The molecular formula is C29H32F3N7O5. The first-order valence-electron chi connectivity index (χ1n) is 13.6. The molecule has 0 saturated heterocycles. The number of halogens is 3. The molecule has 0 unspecified atom stereocenters. The lowest BCUT2D eigenvalue weighted by Gasteiger charge is -2.17. The molecule has 0 radical (unpaired) electrons. The number of carbonyl (C=O) groups excluding carboxylic acids is 2. The van der Waals surface area contributed by atoms with Crippen molar-refractivity contribution in [2.75, 3.05) is 44.5 Å². The quantitative estimate of drug-likeness (QED) is 0.163. The number of benzene rings is 1. The van der Waals surface area contributed by atoms with Gasteiger partial charge in [0, 0.05) is 24.6 Å². The third-order valence-electron chi connectivity index (χ3n) is 6.21. The molecule has 1 amide bonds. The first kappa shape index (κ1) is 32.2. The average Bonchev–Trinajstić information content (AvgIpc) is 3.43. The number of ether oxygens (including phenoxy) is 3. The van der Waals surface area contributed by atoms with Crippen molar-refractivity contribution in [2.24, 2.45) is 0 Å². The molecule has 3 heterocycles. The molecule has 2 N–H and O–H groups in total. The Morgan fingerprint density at radius 2 is 2.02 bits per heavy atom. The highest BCUT2D eigenvalue weighted by molar-refractivity contribution is 6.03. The summed E-state index contributed by atoms with van der Waals surface area (Å²) in [6.07, 6.45) is 3.50. The number of nitrogens with zero attached hydrogens (tertiary/aromatic N) is 5. The minimum Gasteiger partial charge on any atom is -0.472 e. The number of carbonyl (C=O) groups is 2. The summed E-state index contributed by atoms with van der Waals surface area (Å²) < 4.78 is 54.7. The van der Waals surface area contributed by atoms with E-state index in [1.807, 2.05) is 31.1 Å². The van der Waals surface area contributed by atoms with Crippen molar-refractivity contribution >= 4 is 34.8 Å². The SMILES string of the molecule is C=C(OC(=O)C(F)(F)F)C(=O)Nc1cccc(COc2nc(Nc3cnn(CCCN(C)C)c3)ncc2C2=CCOCC2)c1. The topological polar surface area (TPSA) is 133 Å². The Bertz CT molecular complexity index is 1520. The van der Waals surface area contributed by atoms with Gasteiger partial charge in [0.05, 0.1) is 30.7 Å². The number of hydrogen-bond acceptors (Lipinski definition) is 10. The van der Waals surface area contributed by atoms with Gasteiger partial charge in [-0.05, 0) is 56.8 Å². The normalized spacial score (nSPS) is 13.3. The van der Waals surface area contributed by atoms with Gasteiger partial charge < -0.3 is 29.7 Å². The van der Waals surface area contributed by atoms with E-state index >= 15 is 0 Å². The van der Waals surface area contributed by atoms with Gasteiger partial charge in [0.15, 0.2) is 5.76 Å². The number of nitrogens with one attached hydrogen (secondary N) is 2. The predicted octanol–water partition coefficient (Wildman–Crippen LogP) is 4.31. The Labute approximate surface area is 251 Å². The van der Waals surface area contributed by atoms with Crippen molar-refractivity contribution in [1.82, 2.24) is 24.6 Å². The van der Waals surface area contributed by atoms with Crippen molar-refractivity contribution < 1.29 is 37.0 Å². The number of rotatable bonds is 13. The number of anilines is 3. The van der Waals surface area contributed by atoms with Gasteiger partial charge in [-0.25, -0.2) is 9.78 Å². The minimum atomic E-state index is -5.26. The first-order valence-corrected chi connectivity index (χ1v) is 13.6. The van der Waals surface area contributed by atoms with E-state index < -0.39 is 23.8 Å². The van der Waals surface area contributed by atoms with Crippen molar-refractivity contribution in [3.63, 3.8) is 0 Å². The first-order chi connectivity index (χ1) is 21.0. The van der Waals surface area contributed by atoms with Crippen LogP contribution in [0, 0.1) is 0 Å². The van der Waals surface area contributed by atoms with E-state index in [0.717, 1.165) is 25.1 Å². The monoisotopic (exact) mass is 615 g/mol. The zero-order valence-electron chi connectivity index (χ0n) is 24.2. The van der Waals surface area contributed by atoms with Crippen LogP contribution < -0.4 is 15.4 Å². The summed E-state index contributed by atoms with van der Waals surface area (Å²) in [6, 6.07) is 6.40. The molecule has 0 bridgehead atoms. The lowest BCUT2D eigenvalue weighted by molar-refractivity contribution is -0.195. The average molecular weight is 616 g/mol. The zero-order valence-corrected chi connectivity index (χ0v) is 24.2. The van der Waals surface area contributed by atoms with Crippen LogP contribution >= 0.6 is 0 Å². The standard InChI is InChI=1S/C29H32F3N7O5/c1-19(44-27(41)29(30,31)32)25(40)35-22-7-4-6-20(14-22)18-43-26-24(21-8-12-42-13-9-21)16-33-28(37-26)36-23-15-34-39(17-23)11-5-10-38(2)3/h4,6-8,14-17H,1,5,9-13,18H2,2-3H3,(H,35,40)(H,33,36,37). The number of hydrogen-bond donors (Lipinski definition) is 2. The molecule has 1 aliphatic heterocycles. The van der Waals surface area contributed by atoms with Crippen LogP contribution in [0.4, 0.5) is 30.5 Å². The Kier molecular flexibility index (Phi) is 10.7. The highest BCUT2D eigenvalue weighted by Gasteiger charge is 2.42. The molecule has 0 spiro atoms. The minimum absolute atomic E-state index is 0.0325. The van der Waals surface area contributed by atoms with Gasteiger partial charge in [0.2, 0.25) is 11.8 Å². The van der Waals surface area contributed by atoms with E-state index in [1.165, 1.54) is 6.07 Å². The summed E-state index contributed by atoms with van der Waals surface area (Å²) in [7, 11) is 4.04. The van der Waals surface area contributed by atoms with Crippen molar-refractivity contribution in [2.45, 2.75) is 32.2 Å².